The number of hydrogen-bond acceptors (Lipinski definition) is 2. The summed E-state index contributed by atoms with van der Waals surface area (Å²) in [6.45, 7) is 2.30. The van der Waals surface area contributed by atoms with Crippen molar-refractivity contribution >= 4 is 0 Å². The second-order valence-corrected chi connectivity index (χ2v) is 5.40. The van der Waals surface area contributed by atoms with Crippen LogP contribution in [0.1, 0.15) is 35.7 Å². The first kappa shape index (κ1) is 12.4. The monoisotopic (exact) mass is 255 g/mol. The molecule has 100 valence electrons. The topological polar surface area (TPSA) is 29.9 Å². The van der Waals surface area contributed by atoms with Crippen LogP contribution in [0.5, 0.6) is 0 Å². The second-order valence-electron chi connectivity index (χ2n) is 5.40. The highest BCUT2D eigenvalue weighted by Crippen LogP contribution is 2.25. The van der Waals surface area contributed by atoms with Crippen molar-refractivity contribution in [3.8, 4) is 0 Å². The maximum absolute atomic E-state index is 4.38. The van der Waals surface area contributed by atoms with Gasteiger partial charge in [0.1, 0.15) is 5.82 Å². The van der Waals surface area contributed by atoms with Crippen LogP contribution in [0.4, 0.5) is 0 Å². The third-order valence-electron chi connectivity index (χ3n) is 4.07. The summed E-state index contributed by atoms with van der Waals surface area (Å²) in [6, 6.07) is 9.11. The zero-order chi connectivity index (χ0) is 13.1. The highest BCUT2D eigenvalue weighted by Gasteiger charge is 2.14. The number of piperidine rings is 1. The summed E-state index contributed by atoms with van der Waals surface area (Å²) in [7, 11) is 2.05. The number of nitrogens with one attached hydrogen (secondary N) is 1. The van der Waals surface area contributed by atoms with E-state index in [2.05, 4.69) is 39.1 Å². The lowest BCUT2D eigenvalue weighted by Gasteiger charge is -2.23. The van der Waals surface area contributed by atoms with Crippen LogP contribution in [0.25, 0.3) is 0 Å². The molecule has 19 heavy (non-hydrogen) atoms. The van der Waals surface area contributed by atoms with Crippen LogP contribution in [0, 0.1) is 0 Å². The minimum Gasteiger partial charge on any atom is -0.338 e. The maximum atomic E-state index is 4.38. The molecule has 0 spiro atoms. The Kier molecular flexibility index (Phi) is 3.65. The van der Waals surface area contributed by atoms with Crippen molar-refractivity contribution in [1.82, 2.24) is 14.9 Å². The summed E-state index contributed by atoms with van der Waals surface area (Å²) < 4.78 is 2.08. The van der Waals surface area contributed by atoms with Crippen LogP contribution >= 0.6 is 0 Å². The lowest BCUT2D eigenvalue weighted by molar-refractivity contribution is 0.460. The Labute approximate surface area is 114 Å². The van der Waals surface area contributed by atoms with E-state index in [9.17, 15) is 0 Å². The molecule has 3 heteroatoms. The Balaban J connectivity index is 1.70. The lowest BCUT2D eigenvalue weighted by Crippen LogP contribution is -2.26. The van der Waals surface area contributed by atoms with E-state index in [1.165, 1.54) is 24.0 Å². The average molecular weight is 255 g/mol. The Morgan fingerprint density at radius 1 is 1.21 bits per heavy atom. The zero-order valence-corrected chi connectivity index (χ0v) is 11.5. The van der Waals surface area contributed by atoms with Gasteiger partial charge in [-0.15, -0.1) is 0 Å². The van der Waals surface area contributed by atoms with Gasteiger partial charge >= 0.3 is 0 Å². The highest BCUT2D eigenvalue weighted by atomic mass is 15.0. The Morgan fingerprint density at radius 3 is 2.58 bits per heavy atom. The molecule has 1 N–H and O–H groups in total. The molecule has 1 aromatic carbocycles. The van der Waals surface area contributed by atoms with Gasteiger partial charge in [0.15, 0.2) is 0 Å². The molecule has 0 saturated carbocycles. The van der Waals surface area contributed by atoms with Gasteiger partial charge in [0.25, 0.3) is 0 Å². The van der Waals surface area contributed by atoms with E-state index in [1.807, 2.05) is 19.4 Å². The Hall–Kier alpha value is -1.61. The minimum absolute atomic E-state index is 0.739. The summed E-state index contributed by atoms with van der Waals surface area (Å²) in [6.07, 6.45) is 7.30. The quantitative estimate of drug-likeness (QED) is 0.913. The molecule has 1 aromatic heterocycles. The molecule has 1 aliphatic heterocycles. The van der Waals surface area contributed by atoms with Gasteiger partial charge in [0, 0.05) is 25.9 Å². The van der Waals surface area contributed by atoms with E-state index < -0.39 is 0 Å². The zero-order valence-electron chi connectivity index (χ0n) is 11.5. The van der Waals surface area contributed by atoms with E-state index >= 15 is 0 Å². The van der Waals surface area contributed by atoms with Crippen molar-refractivity contribution in [2.24, 2.45) is 7.05 Å². The van der Waals surface area contributed by atoms with Crippen LogP contribution in [0.15, 0.2) is 36.7 Å². The molecule has 0 aliphatic carbocycles. The fourth-order valence-corrected chi connectivity index (χ4v) is 2.81. The van der Waals surface area contributed by atoms with Crippen LogP contribution in [0.3, 0.4) is 0 Å². The van der Waals surface area contributed by atoms with Crippen LogP contribution in [-0.4, -0.2) is 22.6 Å². The molecular weight excluding hydrogens is 234 g/mol. The molecule has 1 saturated heterocycles. The van der Waals surface area contributed by atoms with Gasteiger partial charge in [0.05, 0.1) is 0 Å². The van der Waals surface area contributed by atoms with E-state index in [0.717, 1.165) is 31.3 Å². The Bertz CT molecular complexity index is 521. The first-order valence-corrected chi connectivity index (χ1v) is 7.08. The van der Waals surface area contributed by atoms with E-state index in [4.69, 9.17) is 0 Å². The van der Waals surface area contributed by atoms with Gasteiger partial charge in [-0.1, -0.05) is 24.3 Å². The number of aromatic nitrogens is 2. The number of aryl methyl sites for hydroxylation is 1. The van der Waals surface area contributed by atoms with Gasteiger partial charge in [0.2, 0.25) is 0 Å². The van der Waals surface area contributed by atoms with Gasteiger partial charge in [-0.25, -0.2) is 4.98 Å². The fourth-order valence-electron chi connectivity index (χ4n) is 2.81. The fraction of sp³-hybridized carbons (Fsp3) is 0.438. The summed E-state index contributed by atoms with van der Waals surface area (Å²) in [5.41, 5.74) is 2.83. The minimum atomic E-state index is 0.739. The van der Waals surface area contributed by atoms with Gasteiger partial charge in [-0.05, 0) is 43.0 Å². The molecule has 0 atom stereocenters. The van der Waals surface area contributed by atoms with Gasteiger partial charge in [-0.2, -0.15) is 0 Å². The average Bonchev–Trinajstić information content (AvgIpc) is 2.86. The molecule has 2 heterocycles. The lowest BCUT2D eigenvalue weighted by atomic mass is 9.89. The Morgan fingerprint density at radius 2 is 1.95 bits per heavy atom. The van der Waals surface area contributed by atoms with E-state index in [-0.39, 0.29) is 0 Å². The molecule has 3 nitrogen and oxygen atoms in total. The summed E-state index contributed by atoms with van der Waals surface area (Å²) in [4.78, 5) is 4.38. The SMILES string of the molecule is Cn1ccnc1Cc1ccc(C2CCNCC2)cc1. The smallest absolute Gasteiger partial charge is 0.112 e. The molecule has 0 amide bonds. The molecule has 0 radical (unpaired) electrons. The van der Waals surface area contributed by atoms with Crippen LogP contribution < -0.4 is 5.32 Å². The number of rotatable bonds is 3. The molecular formula is C16H21N3. The number of benzene rings is 1. The summed E-state index contributed by atoms with van der Waals surface area (Å²) in [5, 5.41) is 3.42. The normalized spacial score (nSPS) is 16.7. The highest BCUT2D eigenvalue weighted by molar-refractivity contribution is 5.27. The third-order valence-corrected chi connectivity index (χ3v) is 4.07. The van der Waals surface area contributed by atoms with E-state index in [1.54, 1.807) is 0 Å². The number of imidazole rings is 1. The number of nitrogens with zero attached hydrogens (tertiary/aromatic N) is 2. The standard InChI is InChI=1S/C16H21N3/c1-19-11-10-18-16(19)12-13-2-4-14(5-3-13)15-6-8-17-9-7-15/h2-5,10-11,15,17H,6-9,12H2,1H3. The van der Waals surface area contributed by atoms with Crippen molar-refractivity contribution in [3.05, 3.63) is 53.6 Å². The summed E-state index contributed by atoms with van der Waals surface area (Å²) in [5.74, 6) is 1.86. The van der Waals surface area contributed by atoms with Crippen LogP contribution in [-0.2, 0) is 13.5 Å². The molecule has 0 bridgehead atoms. The predicted molar refractivity (Wildman–Crippen MR) is 77.3 cm³/mol. The van der Waals surface area contributed by atoms with Crippen molar-refractivity contribution < 1.29 is 0 Å². The number of hydrogen-bond donors (Lipinski definition) is 1. The molecule has 2 aromatic rings. The van der Waals surface area contributed by atoms with Gasteiger partial charge in [-0.3, -0.25) is 0 Å². The molecule has 1 aliphatic rings. The molecule has 0 unspecified atom stereocenters. The molecule has 1 fully saturated rings. The molecule has 3 rings (SSSR count). The first-order valence-electron chi connectivity index (χ1n) is 7.08. The van der Waals surface area contributed by atoms with Crippen molar-refractivity contribution in [2.45, 2.75) is 25.2 Å². The summed E-state index contributed by atoms with van der Waals surface area (Å²) >= 11 is 0. The predicted octanol–water partition coefficient (Wildman–Crippen LogP) is 2.48. The van der Waals surface area contributed by atoms with Crippen molar-refractivity contribution in [2.75, 3.05) is 13.1 Å². The van der Waals surface area contributed by atoms with Crippen molar-refractivity contribution in [3.63, 3.8) is 0 Å². The second kappa shape index (κ2) is 5.57. The van der Waals surface area contributed by atoms with Gasteiger partial charge < -0.3 is 9.88 Å². The van der Waals surface area contributed by atoms with Crippen molar-refractivity contribution in [1.29, 1.82) is 0 Å². The van der Waals surface area contributed by atoms with E-state index in [0.29, 0.717) is 0 Å². The third kappa shape index (κ3) is 2.87. The first-order chi connectivity index (χ1) is 9.33. The maximum Gasteiger partial charge on any atom is 0.112 e. The largest absolute Gasteiger partial charge is 0.338 e. The van der Waals surface area contributed by atoms with Crippen LogP contribution in [0.2, 0.25) is 0 Å².